The lowest BCUT2D eigenvalue weighted by Gasteiger charge is -2.29. The zero-order valence-electron chi connectivity index (χ0n) is 16.4. The molecule has 2 heterocycles. The van der Waals surface area contributed by atoms with Crippen LogP contribution in [0.4, 0.5) is 9.93 Å². The van der Waals surface area contributed by atoms with Crippen molar-refractivity contribution < 1.29 is 14.3 Å². The summed E-state index contributed by atoms with van der Waals surface area (Å²) in [6.07, 6.45) is 2.09. The fraction of sp³-hybridized carbons (Fsp3) is 0.476. The van der Waals surface area contributed by atoms with Crippen LogP contribution in [0.15, 0.2) is 30.3 Å². The largest absolute Gasteiger partial charge is 0.444 e. The topological polar surface area (TPSA) is 71.5 Å². The summed E-state index contributed by atoms with van der Waals surface area (Å²) in [5, 5.41) is 3.63. The number of hydrogen-bond donors (Lipinski definition) is 1. The lowest BCUT2D eigenvalue weighted by Crippen LogP contribution is -2.39. The molecule has 1 N–H and O–H groups in total. The summed E-state index contributed by atoms with van der Waals surface area (Å²) in [5.41, 5.74) is 1.09. The number of ether oxygens (including phenoxy) is 1. The van der Waals surface area contributed by atoms with Gasteiger partial charge in [-0.3, -0.25) is 4.79 Å². The maximum Gasteiger partial charge on any atom is 0.410 e. The third kappa shape index (κ3) is 3.76. The molecule has 148 valence electrons. The zero-order chi connectivity index (χ0) is 19.9. The third-order valence-corrected chi connectivity index (χ3v) is 6.11. The molecule has 1 aliphatic heterocycles. The minimum Gasteiger partial charge on any atom is -0.444 e. The van der Waals surface area contributed by atoms with Crippen LogP contribution in [0.2, 0.25) is 0 Å². The van der Waals surface area contributed by atoms with Crippen LogP contribution in [0.3, 0.4) is 0 Å². The van der Waals surface area contributed by atoms with Gasteiger partial charge in [0.1, 0.15) is 5.60 Å². The van der Waals surface area contributed by atoms with Gasteiger partial charge in [0, 0.05) is 17.8 Å². The Morgan fingerprint density at radius 1 is 1.21 bits per heavy atom. The number of amides is 2. The number of carbonyl (C=O) groups is 2. The highest BCUT2D eigenvalue weighted by molar-refractivity contribution is 7.15. The summed E-state index contributed by atoms with van der Waals surface area (Å²) in [5.74, 6) is 0.00814. The summed E-state index contributed by atoms with van der Waals surface area (Å²) >= 11 is 1.45. The molecule has 2 amide bonds. The molecule has 7 heteroatoms. The van der Waals surface area contributed by atoms with Crippen molar-refractivity contribution in [3.63, 3.8) is 0 Å². The number of fused-ring (bicyclic) bond motifs is 1. The molecule has 6 nitrogen and oxygen atoms in total. The third-order valence-electron chi connectivity index (χ3n) is 5.11. The molecule has 0 unspecified atom stereocenters. The van der Waals surface area contributed by atoms with E-state index in [2.05, 4.69) is 10.3 Å². The lowest BCUT2D eigenvalue weighted by atomic mass is 9.95. The first-order valence-electron chi connectivity index (χ1n) is 9.60. The van der Waals surface area contributed by atoms with Crippen molar-refractivity contribution in [3.8, 4) is 0 Å². The van der Waals surface area contributed by atoms with E-state index in [1.807, 2.05) is 51.1 Å². The Bertz CT molecular complexity index is 897. The number of hydrogen-bond acceptors (Lipinski definition) is 5. The number of benzene rings is 1. The van der Waals surface area contributed by atoms with E-state index in [4.69, 9.17) is 4.74 Å². The van der Waals surface area contributed by atoms with Crippen molar-refractivity contribution in [1.82, 2.24) is 9.88 Å². The molecule has 0 spiro atoms. The molecular weight excluding hydrogens is 374 g/mol. The first-order valence-corrected chi connectivity index (χ1v) is 10.4. The van der Waals surface area contributed by atoms with Gasteiger partial charge in [0.2, 0.25) is 5.91 Å². The highest BCUT2D eigenvalue weighted by Gasteiger charge is 2.51. The molecule has 4 rings (SSSR count). The molecule has 1 saturated carbocycles. The van der Waals surface area contributed by atoms with Gasteiger partial charge in [-0.1, -0.05) is 41.7 Å². The zero-order valence-corrected chi connectivity index (χ0v) is 17.3. The van der Waals surface area contributed by atoms with E-state index >= 15 is 0 Å². The molecule has 0 atom stereocenters. The Hall–Kier alpha value is -2.41. The monoisotopic (exact) mass is 399 g/mol. The number of rotatable bonds is 3. The van der Waals surface area contributed by atoms with Crippen molar-refractivity contribution in [2.75, 3.05) is 11.9 Å². The molecule has 0 saturated heterocycles. The van der Waals surface area contributed by atoms with Crippen LogP contribution in [0.5, 0.6) is 0 Å². The first-order chi connectivity index (χ1) is 13.3. The fourth-order valence-corrected chi connectivity index (χ4v) is 4.50. The Kier molecular flexibility index (Phi) is 4.65. The molecule has 28 heavy (non-hydrogen) atoms. The Morgan fingerprint density at radius 2 is 1.93 bits per heavy atom. The van der Waals surface area contributed by atoms with Crippen LogP contribution in [-0.2, 0) is 27.9 Å². The normalized spacial score (nSPS) is 17.6. The standard InChI is InChI=1S/C21H25N3O3S/c1-20(2,3)27-19(26)24-12-9-15-16(13-24)28-18(22-15)23-17(25)21(10-11-21)14-7-5-4-6-8-14/h4-8H,9-13H2,1-3H3,(H,22,23,25). The maximum absolute atomic E-state index is 12.9. The second-order valence-electron chi connectivity index (χ2n) is 8.44. The smallest absolute Gasteiger partial charge is 0.410 e. The van der Waals surface area contributed by atoms with Crippen LogP contribution in [0, 0.1) is 0 Å². The van der Waals surface area contributed by atoms with Gasteiger partial charge in [-0.15, -0.1) is 0 Å². The summed E-state index contributed by atoms with van der Waals surface area (Å²) < 4.78 is 5.47. The van der Waals surface area contributed by atoms with E-state index in [0.717, 1.165) is 29.0 Å². The number of carbonyl (C=O) groups excluding carboxylic acids is 2. The summed E-state index contributed by atoms with van der Waals surface area (Å²) in [6, 6.07) is 9.92. The molecule has 0 radical (unpaired) electrons. The highest BCUT2D eigenvalue weighted by atomic mass is 32.1. The van der Waals surface area contributed by atoms with E-state index in [1.54, 1.807) is 4.90 Å². The molecule has 1 aromatic carbocycles. The first kappa shape index (κ1) is 18.9. The quantitative estimate of drug-likeness (QED) is 0.843. The van der Waals surface area contributed by atoms with Gasteiger partial charge < -0.3 is 15.0 Å². The van der Waals surface area contributed by atoms with E-state index in [-0.39, 0.29) is 12.0 Å². The molecule has 2 aromatic rings. The van der Waals surface area contributed by atoms with Gasteiger partial charge in [-0.25, -0.2) is 9.78 Å². The molecular formula is C21H25N3O3S. The van der Waals surface area contributed by atoms with Crippen molar-refractivity contribution in [3.05, 3.63) is 46.5 Å². The van der Waals surface area contributed by atoms with E-state index in [1.165, 1.54) is 11.3 Å². The van der Waals surface area contributed by atoms with Crippen LogP contribution >= 0.6 is 11.3 Å². The van der Waals surface area contributed by atoms with Gasteiger partial charge in [0.15, 0.2) is 5.13 Å². The second kappa shape index (κ2) is 6.88. The summed E-state index contributed by atoms with van der Waals surface area (Å²) in [4.78, 5) is 32.5. The number of nitrogens with one attached hydrogen (secondary N) is 1. The average Bonchev–Trinajstić information content (AvgIpc) is 3.36. The van der Waals surface area contributed by atoms with E-state index < -0.39 is 11.0 Å². The van der Waals surface area contributed by atoms with Crippen LogP contribution in [-0.4, -0.2) is 34.0 Å². The molecule has 1 aromatic heterocycles. The van der Waals surface area contributed by atoms with Crippen molar-refractivity contribution in [2.45, 2.75) is 57.6 Å². The van der Waals surface area contributed by atoms with Crippen molar-refractivity contribution >= 4 is 28.5 Å². The number of aromatic nitrogens is 1. The van der Waals surface area contributed by atoms with Crippen molar-refractivity contribution in [2.24, 2.45) is 0 Å². The Labute approximate surface area is 168 Å². The Morgan fingerprint density at radius 3 is 2.57 bits per heavy atom. The van der Waals surface area contributed by atoms with Crippen LogP contribution in [0.1, 0.15) is 49.7 Å². The van der Waals surface area contributed by atoms with Gasteiger partial charge in [-0.2, -0.15) is 0 Å². The molecule has 1 fully saturated rings. The second-order valence-corrected chi connectivity index (χ2v) is 9.53. The lowest BCUT2D eigenvalue weighted by molar-refractivity contribution is -0.118. The Balaban J connectivity index is 1.44. The number of anilines is 1. The van der Waals surface area contributed by atoms with E-state index in [9.17, 15) is 9.59 Å². The predicted octanol–water partition coefficient (Wildman–Crippen LogP) is 4.11. The van der Waals surface area contributed by atoms with Gasteiger partial charge in [0.25, 0.3) is 0 Å². The summed E-state index contributed by atoms with van der Waals surface area (Å²) in [7, 11) is 0. The van der Waals surface area contributed by atoms with E-state index in [0.29, 0.717) is 24.6 Å². The van der Waals surface area contributed by atoms with Gasteiger partial charge in [-0.05, 0) is 39.2 Å². The van der Waals surface area contributed by atoms with Crippen molar-refractivity contribution in [1.29, 1.82) is 0 Å². The maximum atomic E-state index is 12.9. The number of thiazole rings is 1. The predicted molar refractivity (Wildman–Crippen MR) is 108 cm³/mol. The molecule has 1 aliphatic carbocycles. The minimum atomic E-state index is -0.514. The minimum absolute atomic E-state index is 0.00814. The molecule has 2 aliphatic rings. The highest BCUT2D eigenvalue weighted by Crippen LogP contribution is 2.49. The fourth-order valence-electron chi connectivity index (χ4n) is 3.48. The average molecular weight is 400 g/mol. The van der Waals surface area contributed by atoms with Crippen LogP contribution < -0.4 is 5.32 Å². The molecule has 0 bridgehead atoms. The SMILES string of the molecule is CC(C)(C)OC(=O)N1CCc2nc(NC(=O)C3(c4ccccc4)CC3)sc2C1. The summed E-state index contributed by atoms with van der Waals surface area (Å²) in [6.45, 7) is 6.64. The van der Waals surface area contributed by atoms with Gasteiger partial charge >= 0.3 is 6.09 Å². The van der Waals surface area contributed by atoms with Crippen LogP contribution in [0.25, 0.3) is 0 Å². The van der Waals surface area contributed by atoms with Gasteiger partial charge in [0.05, 0.1) is 17.7 Å². The number of nitrogens with zero attached hydrogens (tertiary/aromatic N) is 2.